The first-order valence-corrected chi connectivity index (χ1v) is 6.37. The van der Waals surface area contributed by atoms with Gasteiger partial charge in [-0.3, -0.25) is 0 Å². The molecular formula is C14H11Cl2N3. The number of hydrogen-bond donors (Lipinski definition) is 0. The number of rotatable bonds is 3. The van der Waals surface area contributed by atoms with Crippen molar-refractivity contribution in [3.63, 3.8) is 0 Å². The van der Waals surface area contributed by atoms with Crippen molar-refractivity contribution in [1.82, 2.24) is 4.98 Å². The number of halogens is 2. The van der Waals surface area contributed by atoms with Crippen molar-refractivity contribution in [1.29, 1.82) is 5.26 Å². The maximum atomic E-state index is 8.95. The molecule has 0 unspecified atom stereocenters. The summed E-state index contributed by atoms with van der Waals surface area (Å²) in [5.41, 5.74) is 1.47. The summed E-state index contributed by atoms with van der Waals surface area (Å²) in [5.74, 6) is 0.584. The Labute approximate surface area is 122 Å². The van der Waals surface area contributed by atoms with Crippen molar-refractivity contribution >= 4 is 29.0 Å². The highest BCUT2D eigenvalue weighted by atomic mass is 35.5. The number of hydrogen-bond acceptors (Lipinski definition) is 3. The molecule has 1 aromatic carbocycles. The molecule has 1 aromatic heterocycles. The smallest absolute Gasteiger partial charge is 0.148 e. The molecule has 0 aliphatic rings. The molecule has 0 bridgehead atoms. The van der Waals surface area contributed by atoms with Crippen LogP contribution in [0.4, 0.5) is 5.82 Å². The van der Waals surface area contributed by atoms with E-state index in [0.717, 1.165) is 5.56 Å². The Hall–Kier alpha value is -1.76. The second kappa shape index (κ2) is 5.92. The fourth-order valence-electron chi connectivity index (χ4n) is 1.77. The third-order valence-electron chi connectivity index (χ3n) is 2.66. The Morgan fingerprint density at radius 1 is 1.32 bits per heavy atom. The van der Waals surface area contributed by atoms with Crippen LogP contribution in [0.1, 0.15) is 11.1 Å². The van der Waals surface area contributed by atoms with Gasteiger partial charge in [0, 0.05) is 24.8 Å². The first kappa shape index (κ1) is 13.7. The zero-order valence-corrected chi connectivity index (χ0v) is 11.8. The van der Waals surface area contributed by atoms with E-state index in [1.54, 1.807) is 12.3 Å². The molecular weight excluding hydrogens is 281 g/mol. The Morgan fingerprint density at radius 2 is 2.11 bits per heavy atom. The van der Waals surface area contributed by atoms with Crippen molar-refractivity contribution < 1.29 is 0 Å². The number of benzene rings is 1. The van der Waals surface area contributed by atoms with Crippen molar-refractivity contribution in [3.05, 3.63) is 57.7 Å². The number of anilines is 1. The van der Waals surface area contributed by atoms with Gasteiger partial charge in [-0.1, -0.05) is 35.3 Å². The van der Waals surface area contributed by atoms with Crippen LogP contribution in [0.25, 0.3) is 0 Å². The summed E-state index contributed by atoms with van der Waals surface area (Å²) in [7, 11) is 1.87. The highest BCUT2D eigenvalue weighted by Crippen LogP contribution is 2.26. The minimum absolute atomic E-state index is 0.370. The van der Waals surface area contributed by atoms with Gasteiger partial charge in [0.25, 0.3) is 0 Å². The molecule has 0 radical (unpaired) electrons. The van der Waals surface area contributed by atoms with Crippen LogP contribution in [-0.4, -0.2) is 12.0 Å². The van der Waals surface area contributed by atoms with E-state index in [1.807, 2.05) is 42.3 Å². The summed E-state index contributed by atoms with van der Waals surface area (Å²) < 4.78 is 0. The third-order valence-corrected chi connectivity index (χ3v) is 3.27. The molecule has 0 saturated heterocycles. The molecule has 0 N–H and O–H groups in total. The molecule has 0 amide bonds. The van der Waals surface area contributed by atoms with Gasteiger partial charge in [-0.15, -0.1) is 0 Å². The second-order valence-electron chi connectivity index (χ2n) is 4.09. The van der Waals surface area contributed by atoms with Crippen molar-refractivity contribution in [2.24, 2.45) is 0 Å². The van der Waals surface area contributed by atoms with Crippen molar-refractivity contribution in [3.8, 4) is 6.07 Å². The van der Waals surface area contributed by atoms with Crippen LogP contribution in [0.2, 0.25) is 10.0 Å². The molecule has 0 saturated carbocycles. The quantitative estimate of drug-likeness (QED) is 0.861. The molecule has 5 heteroatoms. The monoisotopic (exact) mass is 291 g/mol. The lowest BCUT2D eigenvalue weighted by Crippen LogP contribution is -2.18. The van der Waals surface area contributed by atoms with Gasteiger partial charge in [0.05, 0.1) is 5.56 Å². The average Bonchev–Trinajstić information content (AvgIpc) is 2.39. The topological polar surface area (TPSA) is 39.9 Å². The molecule has 1 heterocycles. The minimum atomic E-state index is 0.370. The molecule has 3 nitrogen and oxygen atoms in total. The van der Waals surface area contributed by atoms with E-state index in [2.05, 4.69) is 4.98 Å². The molecule has 0 fully saturated rings. The van der Waals surface area contributed by atoms with E-state index in [1.165, 1.54) is 0 Å². The summed E-state index contributed by atoms with van der Waals surface area (Å²) >= 11 is 12.1. The predicted octanol–water partition coefficient (Wildman–Crippen LogP) is 3.90. The molecule has 96 valence electrons. The van der Waals surface area contributed by atoms with Crippen LogP contribution in [0.3, 0.4) is 0 Å². The van der Waals surface area contributed by atoms with Gasteiger partial charge in [-0.25, -0.2) is 4.98 Å². The van der Waals surface area contributed by atoms with Gasteiger partial charge in [-0.2, -0.15) is 5.26 Å². The van der Waals surface area contributed by atoms with Crippen LogP contribution in [0, 0.1) is 11.3 Å². The van der Waals surface area contributed by atoms with Gasteiger partial charge in [0.1, 0.15) is 16.9 Å². The molecule has 0 aliphatic carbocycles. The minimum Gasteiger partial charge on any atom is -0.354 e. The predicted molar refractivity (Wildman–Crippen MR) is 77.5 cm³/mol. The lowest BCUT2D eigenvalue weighted by Gasteiger charge is -2.19. The molecule has 0 aliphatic heterocycles. The van der Waals surface area contributed by atoms with E-state index in [4.69, 9.17) is 28.5 Å². The number of nitriles is 1. The first-order chi connectivity index (χ1) is 9.11. The average molecular weight is 292 g/mol. The molecule has 19 heavy (non-hydrogen) atoms. The van der Waals surface area contributed by atoms with Crippen LogP contribution >= 0.6 is 23.2 Å². The zero-order chi connectivity index (χ0) is 13.8. The molecule has 0 atom stereocenters. The zero-order valence-electron chi connectivity index (χ0n) is 10.3. The Bertz CT molecular complexity index is 635. The maximum Gasteiger partial charge on any atom is 0.148 e. The van der Waals surface area contributed by atoms with Crippen molar-refractivity contribution in [2.45, 2.75) is 6.54 Å². The fraction of sp³-hybridized carbons (Fsp3) is 0.143. The summed E-state index contributed by atoms with van der Waals surface area (Å²) in [6.07, 6.45) is 1.58. The first-order valence-electron chi connectivity index (χ1n) is 5.62. The van der Waals surface area contributed by atoms with Crippen LogP contribution in [0.15, 0.2) is 36.5 Å². The highest BCUT2D eigenvalue weighted by Gasteiger charge is 2.11. The van der Waals surface area contributed by atoms with Crippen LogP contribution < -0.4 is 4.90 Å². The molecule has 2 aromatic rings. The Morgan fingerprint density at radius 3 is 2.79 bits per heavy atom. The van der Waals surface area contributed by atoms with E-state index in [-0.39, 0.29) is 0 Å². The van der Waals surface area contributed by atoms with E-state index in [0.29, 0.717) is 28.0 Å². The summed E-state index contributed by atoms with van der Waals surface area (Å²) in [6, 6.07) is 11.2. The Balaban J connectivity index is 2.26. The summed E-state index contributed by atoms with van der Waals surface area (Å²) in [6.45, 7) is 0.613. The molecule has 2 rings (SSSR count). The highest BCUT2D eigenvalue weighted by molar-refractivity contribution is 6.34. The summed E-state index contributed by atoms with van der Waals surface area (Å²) in [4.78, 5) is 6.10. The second-order valence-corrected chi connectivity index (χ2v) is 4.91. The van der Waals surface area contributed by atoms with Gasteiger partial charge < -0.3 is 4.90 Å². The largest absolute Gasteiger partial charge is 0.354 e. The fourth-order valence-corrected chi connectivity index (χ4v) is 2.28. The van der Waals surface area contributed by atoms with E-state index in [9.17, 15) is 0 Å². The number of pyridine rings is 1. The van der Waals surface area contributed by atoms with Crippen molar-refractivity contribution in [2.75, 3.05) is 11.9 Å². The lowest BCUT2D eigenvalue weighted by atomic mass is 10.2. The van der Waals surface area contributed by atoms with E-state index < -0.39 is 0 Å². The third kappa shape index (κ3) is 3.17. The number of aromatic nitrogens is 1. The SMILES string of the molecule is CN(Cc1cccc(Cl)c1)c1nccc(C#N)c1Cl. The van der Waals surface area contributed by atoms with Crippen LogP contribution in [-0.2, 0) is 6.54 Å². The van der Waals surface area contributed by atoms with E-state index >= 15 is 0 Å². The van der Waals surface area contributed by atoms with Gasteiger partial charge >= 0.3 is 0 Å². The van der Waals surface area contributed by atoms with Gasteiger partial charge in [-0.05, 0) is 23.8 Å². The normalized spacial score (nSPS) is 10.0. The van der Waals surface area contributed by atoms with Gasteiger partial charge in [0.15, 0.2) is 0 Å². The van der Waals surface area contributed by atoms with Gasteiger partial charge in [0.2, 0.25) is 0 Å². The lowest BCUT2D eigenvalue weighted by molar-refractivity contribution is 0.897. The summed E-state index contributed by atoms with van der Waals surface area (Å²) in [5, 5.41) is 10.0. The molecule has 0 spiro atoms. The standard InChI is InChI=1S/C14H11Cl2N3/c1-19(9-10-3-2-4-12(15)7-10)14-13(16)11(8-17)5-6-18-14/h2-7H,9H2,1H3. The number of nitrogens with zero attached hydrogens (tertiary/aromatic N) is 3. The Kier molecular flexibility index (Phi) is 4.26. The maximum absolute atomic E-state index is 8.95. The van der Waals surface area contributed by atoms with Crippen LogP contribution in [0.5, 0.6) is 0 Å².